The molecule has 0 spiro atoms. The van der Waals surface area contributed by atoms with E-state index >= 15 is 0 Å². The zero-order valence-corrected chi connectivity index (χ0v) is 12.0. The monoisotopic (exact) mass is 291 g/mol. The van der Waals surface area contributed by atoms with Crippen molar-refractivity contribution in [2.24, 2.45) is 0 Å². The van der Waals surface area contributed by atoms with Gasteiger partial charge in [0.25, 0.3) is 0 Å². The molecule has 0 amide bonds. The van der Waals surface area contributed by atoms with Crippen LogP contribution in [0.15, 0.2) is 12.4 Å². The van der Waals surface area contributed by atoms with E-state index in [0.717, 1.165) is 38.5 Å². The highest BCUT2D eigenvalue weighted by molar-refractivity contribution is 5.85. The van der Waals surface area contributed by atoms with Crippen LogP contribution in [0.3, 0.4) is 0 Å². The third-order valence-electron chi connectivity index (χ3n) is 3.21. The molecule has 3 heterocycles. The number of halogens is 2. The standard InChI is InChI=1S/C11H17N5.2ClH/c1-9-7-16-8-13-10(6-11(16)14-9)15-4-2-12-3-5-15;;/h6,8-9,12H,2-5,7H2,1H3;2*1H. The molecule has 0 aliphatic carbocycles. The molecule has 3 rings (SSSR count). The lowest BCUT2D eigenvalue weighted by molar-refractivity contribution is -0.676. The molecule has 1 fully saturated rings. The molecule has 1 saturated heterocycles. The van der Waals surface area contributed by atoms with Gasteiger partial charge in [-0.3, -0.25) is 5.32 Å². The number of aromatic nitrogens is 2. The normalized spacial score (nSPS) is 21.4. The van der Waals surface area contributed by atoms with Crippen LogP contribution in [0.25, 0.3) is 0 Å². The predicted molar refractivity (Wildman–Crippen MR) is 69.8 cm³/mol. The Hall–Kier alpha value is -0.780. The molecule has 0 aromatic carbocycles. The Bertz CT molecular complexity index is 395. The molecule has 5 nitrogen and oxygen atoms in total. The first-order chi connectivity index (χ1) is 7.83. The van der Waals surface area contributed by atoms with Gasteiger partial charge in [0.15, 0.2) is 0 Å². The smallest absolute Gasteiger partial charge is 0.228 e. The second kappa shape index (κ2) is 6.41. The lowest BCUT2D eigenvalue weighted by atomic mass is 10.3. The van der Waals surface area contributed by atoms with Gasteiger partial charge in [0, 0.05) is 26.2 Å². The van der Waals surface area contributed by atoms with Gasteiger partial charge < -0.3 is 22.6 Å². The van der Waals surface area contributed by atoms with Crippen LogP contribution in [0.4, 0.5) is 11.6 Å². The summed E-state index contributed by atoms with van der Waals surface area (Å²) in [6.07, 6.45) is 1.95. The Morgan fingerprint density at radius 1 is 1.39 bits per heavy atom. The molecule has 0 radical (unpaired) electrons. The number of rotatable bonds is 1. The first kappa shape index (κ1) is 15.3. The predicted octanol–water partition coefficient (Wildman–Crippen LogP) is -2.98. The number of fused-ring (bicyclic) bond motifs is 1. The van der Waals surface area contributed by atoms with E-state index in [1.54, 1.807) is 0 Å². The van der Waals surface area contributed by atoms with Crippen LogP contribution in [0.2, 0.25) is 0 Å². The summed E-state index contributed by atoms with van der Waals surface area (Å²) in [5.74, 6) is 2.28. The lowest BCUT2D eigenvalue weighted by Gasteiger charge is -2.26. The first-order valence-electron chi connectivity index (χ1n) is 5.94. The Morgan fingerprint density at radius 3 is 2.83 bits per heavy atom. The summed E-state index contributed by atoms with van der Waals surface area (Å²) in [6, 6.07) is 2.68. The van der Waals surface area contributed by atoms with Gasteiger partial charge in [-0.05, 0) is 6.92 Å². The Kier molecular flexibility index (Phi) is 5.44. The molecule has 102 valence electrons. The minimum absolute atomic E-state index is 0. The number of nitrogens with one attached hydrogen (secondary N) is 2. The van der Waals surface area contributed by atoms with Crippen molar-refractivity contribution in [3.63, 3.8) is 0 Å². The zero-order chi connectivity index (χ0) is 11.0. The second-order valence-corrected chi connectivity index (χ2v) is 4.57. The maximum absolute atomic E-state index is 4.53. The summed E-state index contributed by atoms with van der Waals surface area (Å²) in [4.78, 5) is 6.86. The van der Waals surface area contributed by atoms with Gasteiger partial charge >= 0.3 is 0 Å². The van der Waals surface area contributed by atoms with Gasteiger partial charge in [-0.25, -0.2) is 4.57 Å². The second-order valence-electron chi connectivity index (χ2n) is 4.57. The van der Waals surface area contributed by atoms with E-state index in [2.05, 4.69) is 38.1 Å². The molecule has 2 aliphatic rings. The van der Waals surface area contributed by atoms with E-state index < -0.39 is 0 Å². The van der Waals surface area contributed by atoms with Crippen LogP contribution in [0.5, 0.6) is 0 Å². The first-order valence-corrected chi connectivity index (χ1v) is 5.94. The van der Waals surface area contributed by atoms with E-state index in [1.165, 1.54) is 5.82 Å². The maximum atomic E-state index is 4.53. The molecular formula is C11H19Cl2N5. The van der Waals surface area contributed by atoms with Crippen LogP contribution in [-0.2, 0) is 6.54 Å². The molecule has 2 aliphatic heterocycles. The Morgan fingerprint density at radius 2 is 2.11 bits per heavy atom. The van der Waals surface area contributed by atoms with Gasteiger partial charge in [0.2, 0.25) is 18.0 Å². The molecule has 2 N–H and O–H groups in total. The highest BCUT2D eigenvalue weighted by Gasteiger charge is 2.24. The molecule has 18 heavy (non-hydrogen) atoms. The number of anilines is 2. The Balaban J connectivity index is 0.000000810. The van der Waals surface area contributed by atoms with E-state index in [-0.39, 0.29) is 24.8 Å². The van der Waals surface area contributed by atoms with Crippen LogP contribution in [0, 0.1) is 0 Å². The molecule has 0 bridgehead atoms. The molecule has 1 aromatic heterocycles. The van der Waals surface area contributed by atoms with Gasteiger partial charge in [0.05, 0.1) is 6.07 Å². The van der Waals surface area contributed by atoms with Crippen LogP contribution >= 0.6 is 12.4 Å². The maximum Gasteiger partial charge on any atom is 0.228 e. The lowest BCUT2D eigenvalue weighted by Crippen LogP contribution is -3.00. The zero-order valence-electron chi connectivity index (χ0n) is 10.4. The summed E-state index contributed by atoms with van der Waals surface area (Å²) >= 11 is 0. The average molecular weight is 292 g/mol. The summed E-state index contributed by atoms with van der Waals surface area (Å²) in [5, 5.41) is 6.81. The highest BCUT2D eigenvalue weighted by atomic mass is 35.5. The van der Waals surface area contributed by atoms with Crippen molar-refractivity contribution in [3.8, 4) is 0 Å². The van der Waals surface area contributed by atoms with E-state index in [9.17, 15) is 0 Å². The van der Waals surface area contributed by atoms with Crippen LogP contribution in [-0.4, -0.2) is 37.2 Å². The fourth-order valence-corrected chi connectivity index (χ4v) is 2.36. The van der Waals surface area contributed by atoms with Gasteiger partial charge in [-0.2, -0.15) is 0 Å². The van der Waals surface area contributed by atoms with E-state index in [4.69, 9.17) is 0 Å². The number of hydrogen-bond donors (Lipinski definition) is 2. The molecule has 7 heteroatoms. The minimum atomic E-state index is 0. The van der Waals surface area contributed by atoms with Crippen molar-refractivity contribution < 1.29 is 17.0 Å². The SMILES string of the molecule is CC1C[n+]2cnc(N3CCNCC3)cc2N1.Cl.[Cl-]. The van der Waals surface area contributed by atoms with E-state index in [0.29, 0.717) is 6.04 Å². The molecule has 1 atom stereocenters. The van der Waals surface area contributed by atoms with E-state index in [1.807, 2.05) is 6.33 Å². The quantitative estimate of drug-likeness (QED) is 0.542. The summed E-state index contributed by atoms with van der Waals surface area (Å²) in [5.41, 5.74) is 0. The minimum Gasteiger partial charge on any atom is -1.00 e. The van der Waals surface area contributed by atoms with Crippen molar-refractivity contribution in [2.45, 2.75) is 19.5 Å². The fourth-order valence-electron chi connectivity index (χ4n) is 2.36. The van der Waals surface area contributed by atoms with Crippen molar-refractivity contribution in [3.05, 3.63) is 12.4 Å². The fraction of sp³-hybridized carbons (Fsp3) is 0.636. The topological polar surface area (TPSA) is 44.1 Å². The van der Waals surface area contributed by atoms with Gasteiger partial charge in [-0.15, -0.1) is 12.4 Å². The van der Waals surface area contributed by atoms with Crippen molar-refractivity contribution >= 4 is 24.0 Å². The summed E-state index contributed by atoms with van der Waals surface area (Å²) in [6.45, 7) is 7.41. The third kappa shape index (κ3) is 2.96. The summed E-state index contributed by atoms with van der Waals surface area (Å²) in [7, 11) is 0. The number of nitrogens with zero attached hydrogens (tertiary/aromatic N) is 3. The highest BCUT2D eigenvalue weighted by Crippen LogP contribution is 2.17. The van der Waals surface area contributed by atoms with Crippen molar-refractivity contribution in [2.75, 3.05) is 36.4 Å². The Labute approximate surface area is 120 Å². The van der Waals surface area contributed by atoms with Crippen molar-refractivity contribution in [1.82, 2.24) is 10.3 Å². The van der Waals surface area contributed by atoms with Gasteiger partial charge in [0.1, 0.15) is 12.6 Å². The molecular weight excluding hydrogens is 273 g/mol. The molecule has 1 unspecified atom stereocenters. The number of hydrogen-bond acceptors (Lipinski definition) is 4. The number of piperazine rings is 1. The van der Waals surface area contributed by atoms with Crippen LogP contribution in [0.1, 0.15) is 6.92 Å². The van der Waals surface area contributed by atoms with Crippen molar-refractivity contribution in [1.29, 1.82) is 0 Å². The molecule has 0 saturated carbocycles. The average Bonchev–Trinajstić information content (AvgIpc) is 2.69. The molecule has 1 aromatic rings. The van der Waals surface area contributed by atoms with Gasteiger partial charge in [-0.1, -0.05) is 4.98 Å². The largest absolute Gasteiger partial charge is 1.00 e. The van der Waals surface area contributed by atoms with Crippen LogP contribution < -0.4 is 32.5 Å². The summed E-state index contributed by atoms with van der Waals surface area (Å²) < 4.78 is 2.18. The third-order valence-corrected chi connectivity index (χ3v) is 3.21.